The lowest BCUT2D eigenvalue weighted by Crippen LogP contribution is -2.12. The lowest BCUT2D eigenvalue weighted by molar-refractivity contribution is 0.454. The van der Waals surface area contributed by atoms with Gasteiger partial charge in [-0.2, -0.15) is 5.10 Å². The number of hydrogen-bond donors (Lipinski definition) is 1. The van der Waals surface area contributed by atoms with Crippen LogP contribution >= 0.6 is 0 Å². The molecule has 10 heteroatoms. The fourth-order valence-corrected chi connectivity index (χ4v) is 3.94. The van der Waals surface area contributed by atoms with Gasteiger partial charge in [0.1, 0.15) is 11.6 Å². The van der Waals surface area contributed by atoms with Crippen LogP contribution in [0.3, 0.4) is 0 Å². The van der Waals surface area contributed by atoms with E-state index in [1.807, 2.05) is 19.9 Å². The van der Waals surface area contributed by atoms with Crippen molar-refractivity contribution in [2.24, 2.45) is 0 Å². The van der Waals surface area contributed by atoms with Crippen LogP contribution < -0.4 is 9.46 Å². The number of benzene rings is 2. The van der Waals surface area contributed by atoms with Gasteiger partial charge in [0.15, 0.2) is 5.82 Å². The molecule has 0 atom stereocenters. The summed E-state index contributed by atoms with van der Waals surface area (Å²) < 4.78 is 47.5. The van der Waals surface area contributed by atoms with E-state index in [1.54, 1.807) is 41.1 Å². The van der Waals surface area contributed by atoms with Crippen LogP contribution in [0.4, 0.5) is 10.1 Å². The molecule has 8 nitrogen and oxygen atoms in total. The highest BCUT2D eigenvalue weighted by Gasteiger charge is 2.14. The molecule has 0 spiro atoms. The predicted molar refractivity (Wildman–Crippen MR) is 112 cm³/mol. The molecule has 0 saturated carbocycles. The zero-order chi connectivity index (χ0) is 22.0. The zero-order valence-electron chi connectivity index (χ0n) is 16.7. The first-order chi connectivity index (χ1) is 14.8. The van der Waals surface area contributed by atoms with Crippen molar-refractivity contribution in [3.8, 4) is 17.4 Å². The van der Waals surface area contributed by atoms with Crippen molar-refractivity contribution in [2.45, 2.75) is 18.7 Å². The van der Waals surface area contributed by atoms with Crippen molar-refractivity contribution < 1.29 is 17.5 Å². The van der Waals surface area contributed by atoms with E-state index in [1.165, 1.54) is 12.1 Å². The summed E-state index contributed by atoms with van der Waals surface area (Å²) in [5.74, 6) is 0.803. The van der Waals surface area contributed by atoms with Gasteiger partial charge in [-0.25, -0.2) is 17.5 Å². The van der Waals surface area contributed by atoms with Crippen LogP contribution in [0.2, 0.25) is 0 Å². The predicted octanol–water partition coefficient (Wildman–Crippen LogP) is 4.01. The van der Waals surface area contributed by atoms with Crippen molar-refractivity contribution in [1.82, 2.24) is 20.0 Å². The Labute approximate surface area is 178 Å². The Hall–Kier alpha value is -3.79. The Morgan fingerprint density at radius 1 is 0.935 bits per heavy atom. The Morgan fingerprint density at radius 3 is 2.23 bits per heavy atom. The molecule has 31 heavy (non-hydrogen) atoms. The number of anilines is 1. The third-order valence-corrected chi connectivity index (χ3v) is 5.70. The summed E-state index contributed by atoms with van der Waals surface area (Å²) >= 11 is 0. The maximum Gasteiger partial charge on any atom is 0.261 e. The molecule has 0 aliphatic carbocycles. The highest BCUT2D eigenvalue weighted by molar-refractivity contribution is 7.92. The van der Waals surface area contributed by atoms with Gasteiger partial charge in [0.25, 0.3) is 10.0 Å². The number of nitrogens with zero attached hydrogens (tertiary/aromatic N) is 4. The number of aromatic nitrogens is 4. The highest BCUT2D eigenvalue weighted by Crippen LogP contribution is 2.23. The van der Waals surface area contributed by atoms with Crippen molar-refractivity contribution in [3.05, 3.63) is 83.9 Å². The second-order valence-corrected chi connectivity index (χ2v) is 8.44. The van der Waals surface area contributed by atoms with Crippen molar-refractivity contribution in [1.29, 1.82) is 0 Å². The number of hydrogen-bond acceptors (Lipinski definition) is 6. The van der Waals surface area contributed by atoms with Crippen LogP contribution in [0.15, 0.2) is 71.6 Å². The minimum absolute atomic E-state index is 0.0350. The third kappa shape index (κ3) is 4.69. The Balaban J connectivity index is 1.44. The van der Waals surface area contributed by atoms with Crippen LogP contribution in [-0.2, 0) is 10.0 Å². The van der Waals surface area contributed by atoms with E-state index in [2.05, 4.69) is 20.0 Å². The molecule has 0 saturated heterocycles. The molecule has 0 fully saturated rings. The molecule has 2 heterocycles. The number of ether oxygens (including phenoxy) is 1. The highest BCUT2D eigenvalue weighted by atomic mass is 32.2. The summed E-state index contributed by atoms with van der Waals surface area (Å²) in [6, 6.07) is 16.2. The maximum absolute atomic E-state index is 13.0. The van der Waals surface area contributed by atoms with Gasteiger partial charge in [0.05, 0.1) is 10.6 Å². The monoisotopic (exact) mass is 439 g/mol. The molecule has 4 aromatic rings. The van der Waals surface area contributed by atoms with Gasteiger partial charge in [-0.15, -0.1) is 10.2 Å². The zero-order valence-corrected chi connectivity index (χ0v) is 17.5. The van der Waals surface area contributed by atoms with E-state index in [0.717, 1.165) is 23.5 Å². The SMILES string of the molecule is Cc1cc(C)n(-c2ccc(Oc3ccc(NS(=O)(=O)c4ccc(F)cc4)cc3)nn2)n1. The number of aryl methyl sites for hydroxylation is 2. The summed E-state index contributed by atoms with van der Waals surface area (Å²) in [5.41, 5.74) is 2.16. The van der Waals surface area contributed by atoms with Gasteiger partial charge in [-0.1, -0.05) is 0 Å². The smallest absolute Gasteiger partial charge is 0.261 e. The van der Waals surface area contributed by atoms with Crippen LogP contribution in [0, 0.1) is 19.7 Å². The molecular formula is C21H18FN5O3S. The minimum Gasteiger partial charge on any atom is -0.438 e. The van der Waals surface area contributed by atoms with Crippen LogP contribution in [0.25, 0.3) is 5.82 Å². The molecule has 4 rings (SSSR count). The van der Waals surface area contributed by atoms with Crippen molar-refractivity contribution in [2.75, 3.05) is 4.72 Å². The molecule has 158 valence electrons. The molecule has 0 unspecified atom stereocenters. The average molecular weight is 439 g/mol. The Bertz CT molecular complexity index is 1300. The number of sulfonamides is 1. The summed E-state index contributed by atoms with van der Waals surface area (Å²) in [4.78, 5) is -0.0350. The molecule has 0 aliphatic rings. The standard InChI is InChI=1S/C21H18FN5O3S/c1-14-13-15(2)27(25-14)20-11-12-21(24-23-20)30-18-7-5-17(6-8-18)26-31(28,29)19-9-3-16(22)4-10-19/h3-13,26H,1-2H3. The first-order valence-corrected chi connectivity index (χ1v) is 10.7. The Morgan fingerprint density at radius 2 is 1.65 bits per heavy atom. The number of rotatable bonds is 6. The Kier molecular flexibility index (Phi) is 5.38. The normalized spacial score (nSPS) is 11.3. The van der Waals surface area contributed by atoms with Gasteiger partial charge < -0.3 is 4.74 Å². The molecule has 0 amide bonds. The van der Waals surface area contributed by atoms with Gasteiger partial charge in [-0.3, -0.25) is 4.72 Å². The quantitative estimate of drug-likeness (QED) is 0.487. The van der Waals surface area contributed by atoms with Crippen LogP contribution in [0.1, 0.15) is 11.4 Å². The van der Waals surface area contributed by atoms with E-state index in [4.69, 9.17) is 4.74 Å². The van der Waals surface area contributed by atoms with E-state index < -0.39 is 15.8 Å². The van der Waals surface area contributed by atoms with Crippen LogP contribution in [0.5, 0.6) is 11.6 Å². The van der Waals surface area contributed by atoms with Gasteiger partial charge >= 0.3 is 0 Å². The second-order valence-electron chi connectivity index (χ2n) is 6.75. The van der Waals surface area contributed by atoms with Gasteiger partial charge in [0, 0.05) is 17.4 Å². The second kappa shape index (κ2) is 8.15. The molecule has 1 N–H and O–H groups in total. The summed E-state index contributed by atoms with van der Waals surface area (Å²) in [6.07, 6.45) is 0. The first-order valence-electron chi connectivity index (χ1n) is 9.24. The summed E-state index contributed by atoms with van der Waals surface area (Å²) in [6.45, 7) is 3.83. The van der Waals surface area contributed by atoms with E-state index >= 15 is 0 Å². The van der Waals surface area contributed by atoms with Gasteiger partial charge in [-0.05, 0) is 74.5 Å². The average Bonchev–Trinajstić information content (AvgIpc) is 3.08. The van der Waals surface area contributed by atoms with Crippen molar-refractivity contribution in [3.63, 3.8) is 0 Å². The van der Waals surface area contributed by atoms with Gasteiger partial charge in [0.2, 0.25) is 5.88 Å². The number of nitrogens with one attached hydrogen (secondary N) is 1. The molecule has 0 bridgehead atoms. The molecule has 0 radical (unpaired) electrons. The van der Waals surface area contributed by atoms with Crippen LogP contribution in [-0.4, -0.2) is 28.4 Å². The topological polar surface area (TPSA) is 99.0 Å². The third-order valence-electron chi connectivity index (χ3n) is 4.31. The number of halogens is 1. The summed E-state index contributed by atoms with van der Waals surface area (Å²) in [5, 5.41) is 12.5. The lowest BCUT2D eigenvalue weighted by Gasteiger charge is -2.09. The largest absolute Gasteiger partial charge is 0.438 e. The van der Waals surface area contributed by atoms with E-state index in [0.29, 0.717) is 17.3 Å². The van der Waals surface area contributed by atoms with Crippen molar-refractivity contribution >= 4 is 15.7 Å². The molecular weight excluding hydrogens is 421 g/mol. The summed E-state index contributed by atoms with van der Waals surface area (Å²) in [7, 11) is -3.82. The fraction of sp³-hybridized carbons (Fsp3) is 0.0952. The molecule has 2 aromatic carbocycles. The van der Waals surface area contributed by atoms with E-state index in [-0.39, 0.29) is 10.8 Å². The molecule has 0 aliphatic heterocycles. The van der Waals surface area contributed by atoms with E-state index in [9.17, 15) is 12.8 Å². The fourth-order valence-electron chi connectivity index (χ4n) is 2.88. The molecule has 2 aromatic heterocycles. The maximum atomic E-state index is 13.0. The minimum atomic E-state index is -3.82. The first kappa shape index (κ1) is 20.5. The lowest BCUT2D eigenvalue weighted by atomic mass is 10.3.